The Bertz CT molecular complexity index is 766. The molecular formula is C19H21FN4. The molecular weight excluding hydrogens is 303 g/mol. The van der Waals surface area contributed by atoms with Gasteiger partial charge in [-0.25, -0.2) is 4.39 Å². The molecule has 0 fully saturated rings. The second-order valence-corrected chi connectivity index (χ2v) is 5.70. The second-order valence-electron chi connectivity index (χ2n) is 5.70. The third kappa shape index (κ3) is 3.62. The Labute approximate surface area is 141 Å². The van der Waals surface area contributed by atoms with E-state index in [9.17, 15) is 4.39 Å². The second kappa shape index (κ2) is 7.73. The van der Waals surface area contributed by atoms with Crippen LogP contribution in [0.3, 0.4) is 0 Å². The van der Waals surface area contributed by atoms with Crippen LogP contribution in [0.2, 0.25) is 0 Å². The fraction of sp³-hybridized carbons (Fsp3) is 0.263. The van der Waals surface area contributed by atoms with E-state index in [-0.39, 0.29) is 5.82 Å². The number of anilines is 1. The summed E-state index contributed by atoms with van der Waals surface area (Å²) >= 11 is 0. The highest BCUT2D eigenvalue weighted by Crippen LogP contribution is 2.35. The van der Waals surface area contributed by atoms with Crippen molar-refractivity contribution in [3.63, 3.8) is 0 Å². The number of H-pyrrole nitrogens is 1. The summed E-state index contributed by atoms with van der Waals surface area (Å²) in [5.41, 5.74) is 3.79. The zero-order valence-corrected chi connectivity index (χ0v) is 13.7. The molecule has 5 heteroatoms. The average Bonchev–Trinajstić information content (AvgIpc) is 3.04. The lowest BCUT2D eigenvalue weighted by Crippen LogP contribution is -2.02. The molecule has 0 unspecified atom stereocenters. The Hall–Kier alpha value is -2.69. The van der Waals surface area contributed by atoms with Gasteiger partial charge in [0, 0.05) is 24.5 Å². The van der Waals surface area contributed by atoms with Gasteiger partial charge in [0.1, 0.15) is 5.82 Å². The lowest BCUT2D eigenvalue weighted by Gasteiger charge is -2.08. The molecule has 124 valence electrons. The van der Waals surface area contributed by atoms with Crippen LogP contribution in [0.5, 0.6) is 0 Å². The van der Waals surface area contributed by atoms with Gasteiger partial charge in [-0.15, -0.1) is 0 Å². The molecule has 2 heterocycles. The van der Waals surface area contributed by atoms with E-state index in [4.69, 9.17) is 0 Å². The summed E-state index contributed by atoms with van der Waals surface area (Å²) in [5.74, 6) is 0.568. The third-order valence-corrected chi connectivity index (χ3v) is 3.94. The predicted molar refractivity (Wildman–Crippen MR) is 95.2 cm³/mol. The predicted octanol–water partition coefficient (Wildman–Crippen LogP) is 4.88. The van der Waals surface area contributed by atoms with Gasteiger partial charge in [-0.1, -0.05) is 19.8 Å². The number of aromatic amines is 1. The van der Waals surface area contributed by atoms with E-state index in [1.165, 1.54) is 25.0 Å². The van der Waals surface area contributed by atoms with Crippen LogP contribution in [0, 0.1) is 5.82 Å². The largest absolute Gasteiger partial charge is 0.368 e. The van der Waals surface area contributed by atoms with E-state index in [2.05, 4.69) is 27.4 Å². The van der Waals surface area contributed by atoms with Crippen LogP contribution in [0.25, 0.3) is 22.4 Å². The quantitative estimate of drug-likeness (QED) is 0.609. The van der Waals surface area contributed by atoms with Crippen LogP contribution in [-0.4, -0.2) is 21.7 Å². The average molecular weight is 324 g/mol. The number of hydrogen-bond acceptors (Lipinski definition) is 3. The SMILES string of the molecule is CCCCCNc1n[nH]c(-c2ccc(F)cc2)c1-c1ccncc1. The van der Waals surface area contributed by atoms with E-state index < -0.39 is 0 Å². The molecule has 1 aromatic carbocycles. The number of pyridine rings is 1. The van der Waals surface area contributed by atoms with Crippen molar-refractivity contribution in [3.8, 4) is 22.4 Å². The molecule has 4 nitrogen and oxygen atoms in total. The normalized spacial score (nSPS) is 10.8. The Balaban J connectivity index is 1.96. The van der Waals surface area contributed by atoms with Crippen molar-refractivity contribution in [1.82, 2.24) is 15.2 Å². The number of nitrogens with zero attached hydrogens (tertiary/aromatic N) is 2. The molecule has 0 aliphatic carbocycles. The zero-order chi connectivity index (χ0) is 16.8. The van der Waals surface area contributed by atoms with Crippen LogP contribution < -0.4 is 5.32 Å². The van der Waals surface area contributed by atoms with E-state index >= 15 is 0 Å². The lowest BCUT2D eigenvalue weighted by molar-refractivity contribution is 0.628. The summed E-state index contributed by atoms with van der Waals surface area (Å²) in [6.07, 6.45) is 6.99. The topological polar surface area (TPSA) is 53.6 Å². The van der Waals surface area contributed by atoms with Gasteiger partial charge in [0.2, 0.25) is 0 Å². The first-order chi connectivity index (χ1) is 11.8. The Morgan fingerprint density at radius 2 is 1.75 bits per heavy atom. The minimum atomic E-state index is -0.248. The maximum absolute atomic E-state index is 13.2. The number of aromatic nitrogens is 3. The maximum Gasteiger partial charge on any atom is 0.156 e. The van der Waals surface area contributed by atoms with Crippen molar-refractivity contribution in [2.24, 2.45) is 0 Å². The van der Waals surface area contributed by atoms with Crippen LogP contribution in [0.15, 0.2) is 48.8 Å². The van der Waals surface area contributed by atoms with Crippen molar-refractivity contribution in [2.45, 2.75) is 26.2 Å². The van der Waals surface area contributed by atoms with Crippen LogP contribution in [-0.2, 0) is 0 Å². The highest BCUT2D eigenvalue weighted by molar-refractivity contribution is 5.88. The first kappa shape index (κ1) is 16.2. The molecule has 3 rings (SSSR count). The van der Waals surface area contributed by atoms with Gasteiger partial charge in [0.05, 0.1) is 11.3 Å². The van der Waals surface area contributed by atoms with Crippen molar-refractivity contribution < 1.29 is 4.39 Å². The van der Waals surface area contributed by atoms with Crippen molar-refractivity contribution in [1.29, 1.82) is 0 Å². The first-order valence-corrected chi connectivity index (χ1v) is 8.28. The van der Waals surface area contributed by atoms with Gasteiger partial charge >= 0.3 is 0 Å². The summed E-state index contributed by atoms with van der Waals surface area (Å²) in [7, 11) is 0. The number of unbranched alkanes of at least 4 members (excludes halogenated alkanes) is 2. The number of hydrogen-bond donors (Lipinski definition) is 2. The van der Waals surface area contributed by atoms with E-state index in [1.807, 2.05) is 12.1 Å². The molecule has 0 aliphatic heterocycles. The van der Waals surface area contributed by atoms with Crippen LogP contribution in [0.4, 0.5) is 10.2 Å². The van der Waals surface area contributed by atoms with E-state index in [0.29, 0.717) is 0 Å². The van der Waals surface area contributed by atoms with Crippen LogP contribution >= 0.6 is 0 Å². The zero-order valence-electron chi connectivity index (χ0n) is 13.7. The molecule has 2 N–H and O–H groups in total. The summed E-state index contributed by atoms with van der Waals surface area (Å²) in [5, 5.41) is 10.9. The van der Waals surface area contributed by atoms with Gasteiger partial charge in [-0.3, -0.25) is 10.1 Å². The monoisotopic (exact) mass is 324 g/mol. The summed E-state index contributed by atoms with van der Waals surface area (Å²) in [6.45, 7) is 3.06. The smallest absolute Gasteiger partial charge is 0.156 e. The van der Waals surface area contributed by atoms with Gasteiger partial charge < -0.3 is 5.32 Å². The fourth-order valence-electron chi connectivity index (χ4n) is 2.68. The van der Waals surface area contributed by atoms with E-state index in [0.717, 1.165) is 41.2 Å². The highest BCUT2D eigenvalue weighted by Gasteiger charge is 2.16. The molecule has 0 saturated heterocycles. The lowest BCUT2D eigenvalue weighted by atomic mass is 10.0. The highest BCUT2D eigenvalue weighted by atomic mass is 19.1. The van der Waals surface area contributed by atoms with E-state index in [1.54, 1.807) is 24.5 Å². The Kier molecular flexibility index (Phi) is 5.21. The standard InChI is InChI=1S/C19H21FN4/c1-2-3-4-11-22-19-17(14-9-12-21-13-10-14)18(23-24-19)15-5-7-16(20)8-6-15/h5-10,12-13H,2-4,11H2,1H3,(H2,22,23,24). The Morgan fingerprint density at radius 1 is 1.00 bits per heavy atom. The number of benzene rings is 1. The van der Waals surface area contributed by atoms with Crippen LogP contribution in [0.1, 0.15) is 26.2 Å². The maximum atomic E-state index is 13.2. The fourth-order valence-corrected chi connectivity index (χ4v) is 2.68. The summed E-state index contributed by atoms with van der Waals surface area (Å²) in [4.78, 5) is 4.08. The van der Waals surface area contributed by atoms with Crippen molar-refractivity contribution in [2.75, 3.05) is 11.9 Å². The Morgan fingerprint density at radius 3 is 2.46 bits per heavy atom. The third-order valence-electron chi connectivity index (χ3n) is 3.94. The molecule has 0 bridgehead atoms. The molecule has 3 aromatic rings. The van der Waals surface area contributed by atoms with Gasteiger partial charge in [0.15, 0.2) is 5.82 Å². The summed E-state index contributed by atoms with van der Waals surface area (Å²) in [6, 6.07) is 10.3. The molecule has 0 spiro atoms. The molecule has 0 radical (unpaired) electrons. The molecule has 0 atom stereocenters. The first-order valence-electron chi connectivity index (χ1n) is 8.28. The molecule has 0 saturated carbocycles. The number of halogens is 1. The molecule has 24 heavy (non-hydrogen) atoms. The molecule has 0 aliphatic rings. The number of nitrogens with one attached hydrogen (secondary N) is 2. The van der Waals surface area contributed by atoms with Gasteiger partial charge in [-0.2, -0.15) is 5.10 Å². The molecule has 2 aromatic heterocycles. The van der Waals surface area contributed by atoms with Crippen molar-refractivity contribution >= 4 is 5.82 Å². The van der Waals surface area contributed by atoms with Gasteiger partial charge in [-0.05, 0) is 48.4 Å². The minimum absolute atomic E-state index is 0.248. The van der Waals surface area contributed by atoms with Crippen molar-refractivity contribution in [3.05, 3.63) is 54.6 Å². The summed E-state index contributed by atoms with van der Waals surface area (Å²) < 4.78 is 13.2. The number of rotatable bonds is 7. The van der Waals surface area contributed by atoms with Gasteiger partial charge in [0.25, 0.3) is 0 Å². The minimum Gasteiger partial charge on any atom is -0.368 e. The molecule has 0 amide bonds.